The molecule has 1 saturated heterocycles. The number of likely N-dealkylation sites (tertiary alicyclic amines) is 1. The molecule has 1 amide bonds. The van der Waals surface area contributed by atoms with Crippen molar-refractivity contribution in [3.8, 4) is 0 Å². The second-order valence-corrected chi connectivity index (χ2v) is 8.76. The molecule has 1 saturated carbocycles. The van der Waals surface area contributed by atoms with Gasteiger partial charge in [0.1, 0.15) is 5.84 Å². The van der Waals surface area contributed by atoms with Crippen LogP contribution in [0, 0.1) is 17.8 Å². The fourth-order valence-corrected chi connectivity index (χ4v) is 4.78. The van der Waals surface area contributed by atoms with E-state index in [1.807, 2.05) is 0 Å². The molecule has 3 rings (SSSR count). The Balaban J connectivity index is 1.67. The van der Waals surface area contributed by atoms with Crippen LogP contribution in [0.5, 0.6) is 0 Å². The number of aliphatic imine (C=N–C) groups is 1. The molecule has 2 heterocycles. The molecular formula is C20H29F6N5O. The summed E-state index contributed by atoms with van der Waals surface area (Å²) in [4.78, 5) is 18.9. The SMILES string of the molecule is CN=C1NC(N2CCC(C(F)(F)F)CC2)C(C(=O)NC2CCC(C(F)(F)F)CC2)C=C1N. The van der Waals surface area contributed by atoms with Crippen molar-refractivity contribution in [2.45, 2.75) is 63.1 Å². The average Bonchev–Trinajstić information content (AvgIpc) is 2.72. The standard InChI is InChI=1S/C20H29F6N5O/c1-28-16-15(27)10-14(17(30-16)31-8-6-12(7-9-31)20(24,25)26)18(32)29-13-4-2-11(3-5-13)19(21,22)23/h10-14,17H,2-9,27H2,1H3,(H,28,30)(H,29,32). The van der Waals surface area contributed by atoms with Gasteiger partial charge in [0.15, 0.2) is 0 Å². The van der Waals surface area contributed by atoms with Gasteiger partial charge in [-0.05, 0) is 44.6 Å². The van der Waals surface area contributed by atoms with Crippen molar-refractivity contribution in [1.82, 2.24) is 15.5 Å². The van der Waals surface area contributed by atoms with Crippen LogP contribution < -0.4 is 16.4 Å². The van der Waals surface area contributed by atoms with Crippen LogP contribution in [0.25, 0.3) is 0 Å². The van der Waals surface area contributed by atoms with Gasteiger partial charge in [-0.2, -0.15) is 26.3 Å². The molecule has 0 aromatic heterocycles. The van der Waals surface area contributed by atoms with E-state index in [2.05, 4.69) is 15.6 Å². The van der Waals surface area contributed by atoms with E-state index in [9.17, 15) is 31.1 Å². The largest absolute Gasteiger partial charge is 0.396 e. The summed E-state index contributed by atoms with van der Waals surface area (Å²) >= 11 is 0. The number of carbonyl (C=O) groups is 1. The number of rotatable bonds is 3. The van der Waals surface area contributed by atoms with Crippen LogP contribution in [0.1, 0.15) is 38.5 Å². The third-order valence-corrected chi connectivity index (χ3v) is 6.71. The number of alkyl halides is 6. The number of piperidine rings is 1. The van der Waals surface area contributed by atoms with E-state index >= 15 is 0 Å². The second kappa shape index (κ2) is 9.48. The minimum Gasteiger partial charge on any atom is -0.396 e. The highest BCUT2D eigenvalue weighted by Crippen LogP contribution is 2.38. The molecule has 6 nitrogen and oxygen atoms in total. The number of amidine groups is 1. The smallest absolute Gasteiger partial charge is 0.391 e. The number of amides is 1. The summed E-state index contributed by atoms with van der Waals surface area (Å²) in [7, 11) is 1.51. The maximum atomic E-state index is 13.0. The monoisotopic (exact) mass is 469 g/mol. The van der Waals surface area contributed by atoms with Gasteiger partial charge in [-0.15, -0.1) is 0 Å². The van der Waals surface area contributed by atoms with Crippen LogP contribution in [0.2, 0.25) is 0 Å². The Kier molecular flexibility index (Phi) is 7.31. The van der Waals surface area contributed by atoms with E-state index in [1.54, 1.807) is 4.90 Å². The maximum Gasteiger partial charge on any atom is 0.391 e. The molecule has 0 radical (unpaired) electrons. The number of hydrogen-bond acceptors (Lipinski definition) is 4. The first-order chi connectivity index (χ1) is 14.9. The molecule has 12 heteroatoms. The van der Waals surface area contributed by atoms with Gasteiger partial charge >= 0.3 is 12.4 Å². The third kappa shape index (κ3) is 5.68. The average molecular weight is 469 g/mol. The minimum absolute atomic E-state index is 0.0453. The number of nitrogens with one attached hydrogen (secondary N) is 2. The van der Waals surface area contributed by atoms with Crippen molar-refractivity contribution in [3.63, 3.8) is 0 Å². The molecule has 2 aliphatic heterocycles. The third-order valence-electron chi connectivity index (χ3n) is 6.71. The summed E-state index contributed by atoms with van der Waals surface area (Å²) in [6.07, 6.45) is -7.40. The van der Waals surface area contributed by atoms with E-state index in [4.69, 9.17) is 5.73 Å². The Hall–Kier alpha value is -1.98. The van der Waals surface area contributed by atoms with Crippen LogP contribution in [-0.2, 0) is 4.79 Å². The van der Waals surface area contributed by atoms with Gasteiger partial charge in [-0.25, -0.2) is 0 Å². The van der Waals surface area contributed by atoms with Gasteiger partial charge in [-0.3, -0.25) is 14.7 Å². The Morgan fingerprint density at radius 3 is 2.06 bits per heavy atom. The van der Waals surface area contributed by atoms with Gasteiger partial charge in [0.2, 0.25) is 5.91 Å². The van der Waals surface area contributed by atoms with Crippen molar-refractivity contribution in [2.75, 3.05) is 20.1 Å². The van der Waals surface area contributed by atoms with E-state index in [1.165, 1.54) is 13.1 Å². The molecule has 2 atom stereocenters. The lowest BCUT2D eigenvalue weighted by Crippen LogP contribution is -2.61. The molecule has 4 N–H and O–H groups in total. The summed E-state index contributed by atoms with van der Waals surface area (Å²) < 4.78 is 77.8. The first kappa shape index (κ1) is 24.7. The van der Waals surface area contributed by atoms with Crippen LogP contribution in [0.15, 0.2) is 16.8 Å². The van der Waals surface area contributed by atoms with Crippen molar-refractivity contribution in [1.29, 1.82) is 0 Å². The van der Waals surface area contributed by atoms with Crippen LogP contribution in [-0.4, -0.2) is 61.3 Å². The van der Waals surface area contributed by atoms with Gasteiger partial charge in [0, 0.05) is 26.2 Å². The summed E-state index contributed by atoms with van der Waals surface area (Å²) in [6, 6.07) is -0.381. The van der Waals surface area contributed by atoms with Crippen molar-refractivity contribution in [2.24, 2.45) is 28.5 Å². The summed E-state index contributed by atoms with van der Waals surface area (Å²) in [5.74, 6) is -3.59. The predicted octanol–water partition coefficient (Wildman–Crippen LogP) is 2.91. The minimum atomic E-state index is -4.25. The van der Waals surface area contributed by atoms with Crippen LogP contribution >= 0.6 is 0 Å². The first-order valence-corrected chi connectivity index (χ1v) is 10.8. The summed E-state index contributed by atoms with van der Waals surface area (Å²) in [6.45, 7) is 0.292. The fourth-order valence-electron chi connectivity index (χ4n) is 4.78. The Morgan fingerprint density at radius 1 is 1.03 bits per heavy atom. The summed E-state index contributed by atoms with van der Waals surface area (Å²) in [5.41, 5.74) is 6.23. The molecular weight excluding hydrogens is 440 g/mol. The number of nitrogens with zero attached hydrogens (tertiary/aromatic N) is 2. The molecule has 2 fully saturated rings. The number of halogens is 6. The normalized spacial score (nSPS) is 32.3. The lowest BCUT2D eigenvalue weighted by Gasteiger charge is -2.43. The van der Waals surface area contributed by atoms with Crippen LogP contribution in [0.3, 0.4) is 0 Å². The predicted molar refractivity (Wildman–Crippen MR) is 106 cm³/mol. The van der Waals surface area contributed by atoms with Gasteiger partial charge in [-0.1, -0.05) is 0 Å². The van der Waals surface area contributed by atoms with E-state index in [0.29, 0.717) is 5.84 Å². The zero-order valence-electron chi connectivity index (χ0n) is 17.8. The molecule has 182 valence electrons. The molecule has 0 aromatic rings. The molecule has 2 unspecified atom stereocenters. The van der Waals surface area contributed by atoms with E-state index in [0.717, 1.165) is 0 Å². The second-order valence-electron chi connectivity index (χ2n) is 8.76. The quantitative estimate of drug-likeness (QED) is 0.556. The molecule has 32 heavy (non-hydrogen) atoms. The topological polar surface area (TPSA) is 82.8 Å². The van der Waals surface area contributed by atoms with Gasteiger partial charge in [0.05, 0.1) is 29.6 Å². The lowest BCUT2D eigenvalue weighted by atomic mass is 9.85. The number of hydrogen-bond donors (Lipinski definition) is 3. The number of carbonyl (C=O) groups excluding carboxylic acids is 1. The van der Waals surface area contributed by atoms with Crippen molar-refractivity contribution >= 4 is 11.7 Å². The number of nitrogens with two attached hydrogens (primary N) is 1. The lowest BCUT2D eigenvalue weighted by molar-refractivity contribution is -0.187. The van der Waals surface area contributed by atoms with Crippen LogP contribution in [0.4, 0.5) is 26.3 Å². The fraction of sp³-hybridized carbons (Fsp3) is 0.800. The van der Waals surface area contributed by atoms with E-state index in [-0.39, 0.29) is 63.4 Å². The molecule has 3 aliphatic rings. The highest BCUT2D eigenvalue weighted by molar-refractivity contribution is 6.00. The zero-order chi connectivity index (χ0) is 23.7. The summed E-state index contributed by atoms with van der Waals surface area (Å²) in [5, 5.41) is 5.89. The zero-order valence-corrected chi connectivity index (χ0v) is 17.8. The molecule has 0 bridgehead atoms. The molecule has 1 aliphatic carbocycles. The molecule has 0 spiro atoms. The highest BCUT2D eigenvalue weighted by Gasteiger charge is 2.45. The Bertz CT molecular complexity index is 734. The molecule has 0 aromatic carbocycles. The maximum absolute atomic E-state index is 13.0. The Morgan fingerprint density at radius 2 is 1.56 bits per heavy atom. The van der Waals surface area contributed by atoms with E-state index < -0.39 is 42.2 Å². The highest BCUT2D eigenvalue weighted by atomic mass is 19.4. The van der Waals surface area contributed by atoms with Crippen molar-refractivity contribution in [3.05, 3.63) is 11.8 Å². The van der Waals surface area contributed by atoms with Gasteiger partial charge < -0.3 is 16.4 Å². The Labute approximate surface area is 182 Å². The van der Waals surface area contributed by atoms with Gasteiger partial charge in [0.25, 0.3) is 0 Å². The van der Waals surface area contributed by atoms with Crippen molar-refractivity contribution < 1.29 is 31.1 Å². The first-order valence-electron chi connectivity index (χ1n) is 10.8.